The Morgan fingerprint density at radius 1 is 0.500 bits per heavy atom. The summed E-state index contributed by atoms with van der Waals surface area (Å²) in [6.07, 6.45) is 4.20. The van der Waals surface area contributed by atoms with Gasteiger partial charge < -0.3 is 0 Å². The molecule has 0 spiro atoms. The SMILES string of the molecule is CCC.CCCc1ccccc1.CN1C(=O)c2ccc(Cc3ccc4c(c3)C(=O)N(C)C4=O)cc2C1=O.Cc1ccccc1. The van der Waals surface area contributed by atoms with E-state index in [0.29, 0.717) is 28.7 Å². The lowest BCUT2D eigenvalue weighted by atomic mass is 9.98. The topological polar surface area (TPSA) is 74.8 Å². The number of carbonyl (C=O) groups excluding carboxylic acids is 4. The predicted molar refractivity (Wildman–Crippen MR) is 176 cm³/mol. The van der Waals surface area contributed by atoms with Gasteiger partial charge in [-0.1, -0.05) is 112 Å². The molecule has 228 valence electrons. The molecule has 2 heterocycles. The standard InChI is InChI=1S/C19H14N2O4.C9H12.C7H8.C3H8/c1-20-16(22)12-5-3-10(8-14(12)18(20)24)7-11-4-6-13-15(9-11)19(25)21(2)17(13)23;1-2-6-9-7-4-3-5-8-9;1-7-5-3-2-4-6-7;1-3-2/h3-6,8-9H,7H2,1-2H3;3-5,7-8H,2,6H2,1H3;2-6H,1H3;3H2,1-2H3. The molecule has 0 bridgehead atoms. The van der Waals surface area contributed by atoms with Crippen molar-refractivity contribution < 1.29 is 19.2 Å². The first-order valence-electron chi connectivity index (χ1n) is 15.1. The maximum atomic E-state index is 12.1. The molecule has 6 rings (SSSR count). The predicted octanol–water partition coefficient (Wildman–Crippen LogP) is 7.78. The summed E-state index contributed by atoms with van der Waals surface area (Å²) in [5.74, 6) is -1.20. The van der Waals surface area contributed by atoms with Gasteiger partial charge in [-0.15, -0.1) is 0 Å². The number of amides is 4. The number of imide groups is 2. The Balaban J connectivity index is 0.000000226. The third-order valence-electron chi connectivity index (χ3n) is 7.04. The van der Waals surface area contributed by atoms with Crippen molar-refractivity contribution in [2.45, 2.75) is 53.4 Å². The quantitative estimate of drug-likeness (QED) is 0.228. The van der Waals surface area contributed by atoms with Gasteiger partial charge in [-0.05, 0) is 60.7 Å². The highest BCUT2D eigenvalue weighted by Crippen LogP contribution is 2.26. The van der Waals surface area contributed by atoms with Gasteiger partial charge in [0.15, 0.2) is 0 Å². The Hall–Kier alpha value is -4.84. The lowest BCUT2D eigenvalue weighted by molar-refractivity contribution is 0.0678. The van der Waals surface area contributed by atoms with Gasteiger partial charge in [0.05, 0.1) is 22.3 Å². The molecule has 4 amide bonds. The third-order valence-corrected chi connectivity index (χ3v) is 7.04. The van der Waals surface area contributed by atoms with Crippen molar-refractivity contribution >= 4 is 23.6 Å². The number of nitrogens with zero attached hydrogens (tertiary/aromatic N) is 2. The summed E-state index contributed by atoms with van der Waals surface area (Å²) in [7, 11) is 2.92. The van der Waals surface area contributed by atoms with Gasteiger partial charge in [-0.3, -0.25) is 29.0 Å². The number of rotatable bonds is 4. The second-order valence-electron chi connectivity index (χ2n) is 10.9. The van der Waals surface area contributed by atoms with Crippen molar-refractivity contribution in [3.8, 4) is 0 Å². The van der Waals surface area contributed by atoms with Gasteiger partial charge in [0, 0.05) is 14.1 Å². The summed E-state index contributed by atoms with van der Waals surface area (Å²) in [6.45, 7) is 8.53. The molecular formula is C38H42N2O4. The van der Waals surface area contributed by atoms with Gasteiger partial charge >= 0.3 is 0 Å². The van der Waals surface area contributed by atoms with Crippen LogP contribution in [0.1, 0.15) is 97.3 Å². The van der Waals surface area contributed by atoms with Gasteiger partial charge in [0.1, 0.15) is 0 Å². The van der Waals surface area contributed by atoms with Crippen LogP contribution in [0.2, 0.25) is 0 Å². The Morgan fingerprint density at radius 3 is 1.25 bits per heavy atom. The molecule has 0 unspecified atom stereocenters. The van der Waals surface area contributed by atoms with Gasteiger partial charge in [-0.2, -0.15) is 0 Å². The van der Waals surface area contributed by atoms with Crippen molar-refractivity contribution in [3.63, 3.8) is 0 Å². The van der Waals surface area contributed by atoms with Gasteiger partial charge in [0.2, 0.25) is 0 Å². The van der Waals surface area contributed by atoms with Crippen LogP contribution in [0.15, 0.2) is 97.1 Å². The van der Waals surface area contributed by atoms with Crippen molar-refractivity contribution in [2.24, 2.45) is 0 Å². The summed E-state index contributed by atoms with van der Waals surface area (Å²) in [5, 5.41) is 0. The minimum atomic E-state index is -0.307. The third kappa shape index (κ3) is 8.38. The molecule has 0 atom stereocenters. The van der Waals surface area contributed by atoms with Crippen LogP contribution in [-0.4, -0.2) is 47.5 Å². The van der Waals surface area contributed by atoms with Crippen molar-refractivity contribution in [1.29, 1.82) is 0 Å². The smallest absolute Gasteiger partial charge is 0.261 e. The largest absolute Gasteiger partial charge is 0.277 e. The molecule has 0 aliphatic carbocycles. The summed E-state index contributed by atoms with van der Waals surface area (Å²) >= 11 is 0. The number of benzene rings is 4. The summed E-state index contributed by atoms with van der Waals surface area (Å²) in [6, 6.07) is 31.2. The lowest BCUT2D eigenvalue weighted by Gasteiger charge is -2.05. The molecule has 0 saturated heterocycles. The molecule has 4 aromatic rings. The van der Waals surface area contributed by atoms with Crippen LogP contribution >= 0.6 is 0 Å². The Labute approximate surface area is 261 Å². The number of carbonyl (C=O) groups is 4. The fraction of sp³-hybridized carbons (Fsp3) is 0.263. The second-order valence-corrected chi connectivity index (χ2v) is 10.9. The van der Waals surface area contributed by atoms with E-state index in [0.717, 1.165) is 20.9 Å². The Kier molecular flexibility index (Phi) is 12.3. The van der Waals surface area contributed by atoms with Crippen LogP contribution < -0.4 is 0 Å². The van der Waals surface area contributed by atoms with Crippen LogP contribution in [0.3, 0.4) is 0 Å². The number of fused-ring (bicyclic) bond motifs is 2. The molecule has 6 nitrogen and oxygen atoms in total. The van der Waals surface area contributed by atoms with E-state index in [-0.39, 0.29) is 23.6 Å². The minimum absolute atomic E-state index is 0.295. The van der Waals surface area contributed by atoms with Crippen LogP contribution in [-0.2, 0) is 12.8 Å². The zero-order valence-corrected chi connectivity index (χ0v) is 26.6. The average Bonchev–Trinajstić information content (AvgIpc) is 3.38. The van der Waals surface area contributed by atoms with Crippen LogP contribution in [0.4, 0.5) is 0 Å². The first kappa shape index (κ1) is 33.7. The van der Waals surface area contributed by atoms with Crippen LogP contribution in [0.25, 0.3) is 0 Å². The molecule has 44 heavy (non-hydrogen) atoms. The molecule has 0 fully saturated rings. The van der Waals surface area contributed by atoms with Crippen LogP contribution in [0, 0.1) is 6.92 Å². The molecule has 0 aromatic heterocycles. The van der Waals surface area contributed by atoms with Crippen molar-refractivity contribution in [1.82, 2.24) is 9.80 Å². The molecule has 0 saturated carbocycles. The molecule has 4 aromatic carbocycles. The van der Waals surface area contributed by atoms with E-state index < -0.39 is 0 Å². The normalized spacial score (nSPS) is 12.8. The lowest BCUT2D eigenvalue weighted by Crippen LogP contribution is -2.24. The first-order valence-corrected chi connectivity index (χ1v) is 15.1. The fourth-order valence-electron chi connectivity index (χ4n) is 4.74. The number of hydrogen-bond donors (Lipinski definition) is 0. The van der Waals surface area contributed by atoms with Gasteiger partial charge in [0.25, 0.3) is 23.6 Å². The highest BCUT2D eigenvalue weighted by Gasteiger charge is 2.34. The zero-order valence-electron chi connectivity index (χ0n) is 26.6. The zero-order chi connectivity index (χ0) is 32.2. The van der Waals surface area contributed by atoms with Crippen molar-refractivity contribution in [3.05, 3.63) is 142 Å². The van der Waals surface area contributed by atoms with Crippen molar-refractivity contribution in [2.75, 3.05) is 14.1 Å². The monoisotopic (exact) mass is 590 g/mol. The molecule has 0 N–H and O–H groups in total. The Bertz CT molecular complexity index is 1520. The molecule has 2 aliphatic rings. The Morgan fingerprint density at radius 2 is 0.886 bits per heavy atom. The maximum Gasteiger partial charge on any atom is 0.261 e. The molecular weight excluding hydrogens is 548 g/mol. The molecule has 6 heteroatoms. The maximum absolute atomic E-state index is 12.1. The van der Waals surface area contributed by atoms with E-state index in [4.69, 9.17) is 0 Å². The van der Waals surface area contributed by atoms with E-state index in [2.05, 4.69) is 70.2 Å². The summed E-state index contributed by atoms with van der Waals surface area (Å²) in [5.41, 5.74) is 6.11. The van der Waals surface area contributed by atoms with E-state index in [9.17, 15) is 19.2 Å². The fourth-order valence-corrected chi connectivity index (χ4v) is 4.74. The van der Waals surface area contributed by atoms with E-state index in [1.807, 2.05) is 18.2 Å². The summed E-state index contributed by atoms with van der Waals surface area (Å²) < 4.78 is 0. The minimum Gasteiger partial charge on any atom is -0.277 e. The highest BCUT2D eigenvalue weighted by molar-refractivity contribution is 6.22. The highest BCUT2D eigenvalue weighted by atomic mass is 16.2. The van der Waals surface area contributed by atoms with E-state index in [1.165, 1.54) is 44.5 Å². The molecule has 0 radical (unpaired) electrons. The van der Waals surface area contributed by atoms with E-state index in [1.54, 1.807) is 36.4 Å². The average molecular weight is 591 g/mol. The number of hydrogen-bond acceptors (Lipinski definition) is 4. The van der Waals surface area contributed by atoms with E-state index >= 15 is 0 Å². The number of aryl methyl sites for hydroxylation is 2. The second kappa shape index (κ2) is 16.1. The first-order chi connectivity index (χ1) is 21.1. The summed E-state index contributed by atoms with van der Waals surface area (Å²) in [4.78, 5) is 50.3. The van der Waals surface area contributed by atoms with Crippen LogP contribution in [0.5, 0.6) is 0 Å². The molecule has 2 aliphatic heterocycles. The van der Waals surface area contributed by atoms with Gasteiger partial charge in [-0.25, -0.2) is 0 Å².